The zero-order chi connectivity index (χ0) is 10.2. The van der Waals surface area contributed by atoms with Gasteiger partial charge in [-0.15, -0.1) is 18.1 Å². The van der Waals surface area contributed by atoms with Crippen molar-refractivity contribution in [1.29, 1.82) is 0 Å². The molecular formula is C9H9B3S. The maximum absolute atomic E-state index is 5.81. The van der Waals surface area contributed by atoms with Gasteiger partial charge >= 0.3 is 0 Å². The van der Waals surface area contributed by atoms with Gasteiger partial charge in [0.2, 0.25) is 0 Å². The van der Waals surface area contributed by atoms with E-state index in [1.54, 1.807) is 6.07 Å². The van der Waals surface area contributed by atoms with Crippen molar-refractivity contribution < 1.29 is 0 Å². The first-order chi connectivity index (χ1) is 5.95. The lowest BCUT2D eigenvalue weighted by Crippen LogP contribution is -2.34. The van der Waals surface area contributed by atoms with Crippen molar-refractivity contribution >= 4 is 52.6 Å². The van der Waals surface area contributed by atoms with Crippen LogP contribution in [-0.2, 0) is 0 Å². The van der Waals surface area contributed by atoms with Crippen LogP contribution < -0.4 is 16.4 Å². The van der Waals surface area contributed by atoms with Crippen molar-refractivity contribution in [3.8, 4) is 0 Å². The molecule has 0 aliphatic rings. The molecule has 13 heavy (non-hydrogen) atoms. The summed E-state index contributed by atoms with van der Waals surface area (Å²) in [5.41, 5.74) is 2.63. The molecule has 60 valence electrons. The van der Waals surface area contributed by atoms with Gasteiger partial charge in [-0.2, -0.15) is 0 Å². The molecule has 0 nitrogen and oxygen atoms in total. The molecule has 0 saturated carbocycles. The Morgan fingerprint density at radius 3 is 2.15 bits per heavy atom. The smallest absolute Gasteiger partial charge is 0.114 e. The van der Waals surface area contributed by atoms with Crippen LogP contribution in [0, 0.1) is 0 Å². The molecule has 0 fully saturated rings. The number of hydrogen-bond acceptors (Lipinski definition) is 1. The molecule has 0 unspecified atom stereocenters. The quantitative estimate of drug-likeness (QED) is 0.438. The van der Waals surface area contributed by atoms with Gasteiger partial charge in [0.25, 0.3) is 0 Å². The molecule has 0 aromatic heterocycles. The van der Waals surface area contributed by atoms with Crippen LogP contribution in [0.2, 0.25) is 0 Å². The van der Waals surface area contributed by atoms with Gasteiger partial charge in [-0.1, -0.05) is 30.8 Å². The SMILES string of the molecule is [B]c1cc([B])c(C(C)C)c(S)c1[B]. The Bertz CT molecular complexity index is 334. The van der Waals surface area contributed by atoms with Gasteiger partial charge in [0, 0.05) is 0 Å². The molecular weight excluding hydrogens is 173 g/mol. The van der Waals surface area contributed by atoms with Gasteiger partial charge in [-0.05, 0) is 16.4 Å². The normalized spacial score (nSPS) is 10.8. The largest absolute Gasteiger partial charge is 0.144 e. The highest BCUT2D eigenvalue weighted by Gasteiger charge is 2.10. The second kappa shape index (κ2) is 3.87. The summed E-state index contributed by atoms with van der Waals surface area (Å²) in [5.74, 6) is 0.301. The zero-order valence-electron chi connectivity index (χ0n) is 7.83. The van der Waals surface area contributed by atoms with Crippen LogP contribution in [0.25, 0.3) is 0 Å². The zero-order valence-corrected chi connectivity index (χ0v) is 8.73. The van der Waals surface area contributed by atoms with E-state index in [9.17, 15) is 0 Å². The molecule has 0 saturated heterocycles. The molecule has 0 bridgehead atoms. The number of benzene rings is 1. The third-order valence-corrected chi connectivity index (χ3v) is 2.50. The highest BCUT2D eigenvalue weighted by Crippen LogP contribution is 2.17. The fourth-order valence-corrected chi connectivity index (χ4v) is 1.86. The Balaban J connectivity index is 3.44. The molecule has 0 aliphatic heterocycles. The van der Waals surface area contributed by atoms with Gasteiger partial charge in [-0.3, -0.25) is 0 Å². The average molecular weight is 182 g/mol. The summed E-state index contributed by atoms with van der Waals surface area (Å²) in [6, 6.07) is 1.68. The summed E-state index contributed by atoms with van der Waals surface area (Å²) in [6.07, 6.45) is 0. The van der Waals surface area contributed by atoms with Gasteiger partial charge in [0.05, 0.1) is 0 Å². The molecule has 6 radical (unpaired) electrons. The van der Waals surface area contributed by atoms with Crippen molar-refractivity contribution in [2.24, 2.45) is 0 Å². The highest BCUT2D eigenvalue weighted by molar-refractivity contribution is 7.80. The van der Waals surface area contributed by atoms with E-state index < -0.39 is 0 Å². The molecule has 1 aromatic carbocycles. The molecule has 0 aliphatic carbocycles. The third kappa shape index (κ3) is 1.99. The summed E-state index contributed by atoms with van der Waals surface area (Å²) in [7, 11) is 17.2. The Morgan fingerprint density at radius 1 is 1.15 bits per heavy atom. The van der Waals surface area contributed by atoms with Crippen LogP contribution in [-0.4, -0.2) is 23.5 Å². The van der Waals surface area contributed by atoms with E-state index in [1.807, 2.05) is 13.8 Å². The monoisotopic (exact) mass is 182 g/mol. The molecule has 0 heterocycles. The lowest BCUT2D eigenvalue weighted by molar-refractivity contribution is 0.854. The van der Waals surface area contributed by atoms with E-state index >= 15 is 0 Å². The van der Waals surface area contributed by atoms with Crippen LogP contribution in [0.3, 0.4) is 0 Å². The molecule has 0 spiro atoms. The van der Waals surface area contributed by atoms with Crippen molar-refractivity contribution in [2.75, 3.05) is 0 Å². The lowest BCUT2D eigenvalue weighted by atomic mass is 9.73. The van der Waals surface area contributed by atoms with Crippen molar-refractivity contribution in [3.63, 3.8) is 0 Å². The van der Waals surface area contributed by atoms with Crippen LogP contribution >= 0.6 is 12.6 Å². The number of rotatable bonds is 1. The molecule has 0 atom stereocenters. The first-order valence-electron chi connectivity index (χ1n) is 4.11. The Morgan fingerprint density at radius 2 is 1.69 bits per heavy atom. The van der Waals surface area contributed by atoms with Crippen LogP contribution in [0.5, 0.6) is 0 Å². The topological polar surface area (TPSA) is 0 Å². The first kappa shape index (κ1) is 10.8. The van der Waals surface area contributed by atoms with E-state index in [0.29, 0.717) is 27.2 Å². The minimum atomic E-state index is 0.301. The molecule has 0 N–H and O–H groups in total. The van der Waals surface area contributed by atoms with Crippen LogP contribution in [0.4, 0.5) is 0 Å². The first-order valence-corrected chi connectivity index (χ1v) is 4.56. The van der Waals surface area contributed by atoms with E-state index in [0.717, 1.165) is 5.56 Å². The summed E-state index contributed by atoms with van der Waals surface area (Å²) in [4.78, 5) is 0.701. The van der Waals surface area contributed by atoms with Crippen LogP contribution in [0.15, 0.2) is 11.0 Å². The fraction of sp³-hybridized carbons (Fsp3) is 0.333. The van der Waals surface area contributed by atoms with E-state index in [1.165, 1.54) is 0 Å². The van der Waals surface area contributed by atoms with E-state index in [-0.39, 0.29) is 0 Å². The summed E-state index contributed by atoms with van der Waals surface area (Å²) < 4.78 is 0. The maximum atomic E-state index is 5.81. The summed E-state index contributed by atoms with van der Waals surface area (Å²) in [6.45, 7) is 4.09. The van der Waals surface area contributed by atoms with E-state index in [4.69, 9.17) is 23.5 Å². The van der Waals surface area contributed by atoms with Crippen LogP contribution in [0.1, 0.15) is 25.3 Å². The van der Waals surface area contributed by atoms with Crippen molar-refractivity contribution in [1.82, 2.24) is 0 Å². The predicted molar refractivity (Wildman–Crippen MR) is 63.9 cm³/mol. The lowest BCUT2D eigenvalue weighted by Gasteiger charge is -2.17. The Labute approximate surface area is 89.1 Å². The third-order valence-electron chi connectivity index (χ3n) is 2.02. The van der Waals surface area contributed by atoms with Crippen molar-refractivity contribution in [2.45, 2.75) is 24.7 Å². The van der Waals surface area contributed by atoms with Gasteiger partial charge < -0.3 is 0 Å². The summed E-state index contributed by atoms with van der Waals surface area (Å²) >= 11 is 4.31. The molecule has 1 rings (SSSR count). The van der Waals surface area contributed by atoms with Gasteiger partial charge in [0.1, 0.15) is 23.5 Å². The number of hydrogen-bond donors (Lipinski definition) is 1. The maximum Gasteiger partial charge on any atom is 0.114 e. The Hall–Kier alpha value is -0.235. The summed E-state index contributed by atoms with van der Waals surface area (Å²) in [5, 5.41) is 0. The molecule has 0 amide bonds. The molecule has 4 heteroatoms. The van der Waals surface area contributed by atoms with Gasteiger partial charge in [0.15, 0.2) is 0 Å². The molecule has 1 aromatic rings. The Kier molecular flexibility index (Phi) is 3.23. The minimum absolute atomic E-state index is 0.301. The minimum Gasteiger partial charge on any atom is -0.144 e. The highest BCUT2D eigenvalue weighted by atomic mass is 32.1. The fourth-order valence-electron chi connectivity index (χ4n) is 1.35. The van der Waals surface area contributed by atoms with Crippen molar-refractivity contribution in [3.05, 3.63) is 11.6 Å². The predicted octanol–water partition coefficient (Wildman–Crippen LogP) is -0.520. The average Bonchev–Trinajstić information content (AvgIpc) is 1.99. The van der Waals surface area contributed by atoms with E-state index in [2.05, 4.69) is 12.6 Å². The number of thiol groups is 1. The second-order valence-corrected chi connectivity index (χ2v) is 3.83. The second-order valence-electron chi connectivity index (χ2n) is 3.39. The standard InChI is InChI=1S/C9H9B3S/c1-4(2)7-5(10)3-6(11)8(12)9(7)13/h3-4,13H,1-2H3. The van der Waals surface area contributed by atoms with Gasteiger partial charge in [-0.25, -0.2) is 0 Å².